The molecule has 0 aliphatic heterocycles. The summed E-state index contributed by atoms with van der Waals surface area (Å²) in [5, 5.41) is 7.74. The van der Waals surface area contributed by atoms with Gasteiger partial charge in [-0.15, -0.1) is 0 Å². The Bertz CT molecular complexity index is 993. The van der Waals surface area contributed by atoms with E-state index in [4.69, 9.17) is 4.74 Å². The highest BCUT2D eigenvalue weighted by Gasteiger charge is 2.23. The molecular formula is C23H25N3O2. The smallest absolute Gasteiger partial charge is 0.272 e. The van der Waals surface area contributed by atoms with Crippen LogP contribution in [0.1, 0.15) is 47.4 Å². The summed E-state index contributed by atoms with van der Waals surface area (Å²) in [7, 11) is 1.65. The lowest BCUT2D eigenvalue weighted by Crippen LogP contribution is -2.31. The zero-order valence-corrected chi connectivity index (χ0v) is 16.3. The van der Waals surface area contributed by atoms with Crippen molar-refractivity contribution >= 4 is 5.91 Å². The fourth-order valence-corrected chi connectivity index (χ4v) is 3.92. The topological polar surface area (TPSA) is 56.2 Å². The highest BCUT2D eigenvalue weighted by atomic mass is 16.5. The lowest BCUT2D eigenvalue weighted by Gasteiger charge is -2.26. The van der Waals surface area contributed by atoms with Crippen LogP contribution in [0.25, 0.3) is 11.3 Å². The molecule has 4 rings (SSSR count). The van der Waals surface area contributed by atoms with Crippen molar-refractivity contribution in [2.45, 2.75) is 38.8 Å². The van der Waals surface area contributed by atoms with E-state index in [0.29, 0.717) is 12.2 Å². The molecule has 0 spiro atoms. The Labute approximate surface area is 165 Å². The first kappa shape index (κ1) is 18.3. The van der Waals surface area contributed by atoms with E-state index in [1.807, 2.05) is 48.0 Å². The van der Waals surface area contributed by atoms with E-state index in [0.717, 1.165) is 36.3 Å². The fraction of sp³-hybridized carbons (Fsp3) is 0.304. The van der Waals surface area contributed by atoms with Crippen LogP contribution in [-0.4, -0.2) is 22.8 Å². The van der Waals surface area contributed by atoms with Crippen molar-refractivity contribution in [3.63, 3.8) is 0 Å². The van der Waals surface area contributed by atoms with Gasteiger partial charge in [-0.2, -0.15) is 5.10 Å². The second-order valence-corrected chi connectivity index (χ2v) is 7.08. The summed E-state index contributed by atoms with van der Waals surface area (Å²) >= 11 is 0. The van der Waals surface area contributed by atoms with Gasteiger partial charge in [-0.1, -0.05) is 36.4 Å². The monoisotopic (exact) mass is 375 g/mol. The van der Waals surface area contributed by atoms with Crippen molar-refractivity contribution in [1.82, 2.24) is 15.1 Å². The molecule has 0 bridgehead atoms. The third-order valence-corrected chi connectivity index (χ3v) is 5.35. The highest BCUT2D eigenvalue weighted by Crippen LogP contribution is 2.30. The molecule has 144 valence electrons. The van der Waals surface area contributed by atoms with Crippen molar-refractivity contribution in [3.05, 3.63) is 71.4 Å². The molecule has 1 aliphatic carbocycles. The van der Waals surface area contributed by atoms with Gasteiger partial charge in [0.05, 0.1) is 18.8 Å². The van der Waals surface area contributed by atoms with Crippen molar-refractivity contribution in [1.29, 1.82) is 0 Å². The number of aryl methyl sites for hydroxylation is 2. The first-order valence-electron chi connectivity index (χ1n) is 9.80. The standard InChI is InChI=1S/C23H25N3O2/c1-3-26-22(17-10-6-11-18(14-17)28-2)15-21(25-26)23(27)24-20-13-7-9-16-8-4-5-12-19(16)20/h4-6,8,10-12,14-15,20H,3,7,9,13H2,1-2H3,(H,24,27). The van der Waals surface area contributed by atoms with Crippen LogP contribution in [0, 0.1) is 0 Å². The average Bonchev–Trinajstić information content (AvgIpc) is 3.19. The normalized spacial score (nSPS) is 15.7. The molecule has 0 saturated heterocycles. The summed E-state index contributed by atoms with van der Waals surface area (Å²) in [6.07, 6.45) is 3.12. The van der Waals surface area contributed by atoms with E-state index in [9.17, 15) is 4.79 Å². The molecule has 5 nitrogen and oxygen atoms in total. The summed E-state index contributed by atoms with van der Waals surface area (Å²) in [5.74, 6) is 0.657. The molecule has 1 heterocycles. The van der Waals surface area contributed by atoms with Crippen LogP contribution in [0.15, 0.2) is 54.6 Å². The van der Waals surface area contributed by atoms with Gasteiger partial charge in [0.1, 0.15) is 5.75 Å². The van der Waals surface area contributed by atoms with Gasteiger partial charge in [0.2, 0.25) is 0 Å². The van der Waals surface area contributed by atoms with Gasteiger partial charge in [0.25, 0.3) is 5.91 Å². The number of hydrogen-bond acceptors (Lipinski definition) is 3. The number of hydrogen-bond donors (Lipinski definition) is 1. The molecule has 1 aliphatic rings. The number of aromatic nitrogens is 2. The molecule has 1 atom stereocenters. The Hall–Kier alpha value is -3.08. The molecule has 0 fully saturated rings. The Morgan fingerprint density at radius 3 is 2.89 bits per heavy atom. The molecule has 3 aromatic rings. The minimum absolute atomic E-state index is 0.0458. The van der Waals surface area contributed by atoms with Gasteiger partial charge >= 0.3 is 0 Å². The number of benzene rings is 2. The van der Waals surface area contributed by atoms with Crippen molar-refractivity contribution in [3.8, 4) is 17.0 Å². The number of ether oxygens (including phenoxy) is 1. The van der Waals surface area contributed by atoms with Crippen LogP contribution < -0.4 is 10.1 Å². The number of carbonyl (C=O) groups is 1. The van der Waals surface area contributed by atoms with Crippen LogP contribution in [0.4, 0.5) is 0 Å². The number of nitrogens with zero attached hydrogens (tertiary/aromatic N) is 2. The number of fused-ring (bicyclic) bond motifs is 1. The van der Waals surface area contributed by atoms with Gasteiger partial charge in [0.15, 0.2) is 5.69 Å². The Kier molecular flexibility index (Phi) is 5.15. The Morgan fingerprint density at radius 2 is 2.07 bits per heavy atom. The zero-order valence-electron chi connectivity index (χ0n) is 16.3. The van der Waals surface area contributed by atoms with E-state index >= 15 is 0 Å². The summed E-state index contributed by atoms with van der Waals surface area (Å²) in [4.78, 5) is 12.9. The predicted octanol–water partition coefficient (Wildman–Crippen LogP) is 4.39. The summed E-state index contributed by atoms with van der Waals surface area (Å²) in [5.41, 5.74) is 4.90. The van der Waals surface area contributed by atoms with Crippen LogP contribution >= 0.6 is 0 Å². The van der Waals surface area contributed by atoms with Crippen LogP contribution in [0.3, 0.4) is 0 Å². The van der Waals surface area contributed by atoms with E-state index in [1.54, 1.807) is 7.11 Å². The lowest BCUT2D eigenvalue weighted by atomic mass is 9.87. The molecule has 2 aromatic carbocycles. The van der Waals surface area contributed by atoms with E-state index in [2.05, 4.69) is 28.6 Å². The maximum absolute atomic E-state index is 12.9. The second kappa shape index (κ2) is 7.89. The van der Waals surface area contributed by atoms with Crippen LogP contribution in [-0.2, 0) is 13.0 Å². The number of nitrogens with one attached hydrogen (secondary N) is 1. The maximum Gasteiger partial charge on any atom is 0.272 e. The van der Waals surface area contributed by atoms with E-state index < -0.39 is 0 Å². The number of carbonyl (C=O) groups excluding carboxylic acids is 1. The molecule has 0 radical (unpaired) electrons. The summed E-state index contributed by atoms with van der Waals surface area (Å²) in [6.45, 7) is 2.71. The van der Waals surface area contributed by atoms with Gasteiger partial charge in [-0.05, 0) is 55.5 Å². The first-order valence-corrected chi connectivity index (χ1v) is 9.80. The summed E-state index contributed by atoms with van der Waals surface area (Å²) in [6, 6.07) is 18.1. The number of rotatable bonds is 5. The molecule has 1 N–H and O–H groups in total. The number of methoxy groups -OCH3 is 1. The van der Waals surface area contributed by atoms with E-state index in [1.165, 1.54) is 11.1 Å². The second-order valence-electron chi connectivity index (χ2n) is 7.08. The lowest BCUT2D eigenvalue weighted by molar-refractivity contribution is 0.0927. The van der Waals surface area contributed by atoms with Crippen LogP contribution in [0.5, 0.6) is 5.75 Å². The third-order valence-electron chi connectivity index (χ3n) is 5.35. The van der Waals surface area contributed by atoms with Crippen molar-refractivity contribution < 1.29 is 9.53 Å². The van der Waals surface area contributed by atoms with Gasteiger partial charge in [0, 0.05) is 12.1 Å². The molecule has 1 amide bonds. The Morgan fingerprint density at radius 1 is 1.21 bits per heavy atom. The zero-order chi connectivity index (χ0) is 19.5. The van der Waals surface area contributed by atoms with Crippen LogP contribution in [0.2, 0.25) is 0 Å². The first-order chi connectivity index (χ1) is 13.7. The third kappa shape index (κ3) is 3.52. The molecule has 1 unspecified atom stereocenters. The quantitative estimate of drug-likeness (QED) is 0.720. The van der Waals surface area contributed by atoms with Gasteiger partial charge < -0.3 is 10.1 Å². The molecule has 28 heavy (non-hydrogen) atoms. The fourth-order valence-electron chi connectivity index (χ4n) is 3.92. The Balaban J connectivity index is 1.60. The molecule has 0 saturated carbocycles. The van der Waals surface area contributed by atoms with E-state index in [-0.39, 0.29) is 11.9 Å². The summed E-state index contributed by atoms with van der Waals surface area (Å²) < 4.78 is 7.19. The minimum atomic E-state index is -0.127. The predicted molar refractivity (Wildman–Crippen MR) is 109 cm³/mol. The van der Waals surface area contributed by atoms with Crippen molar-refractivity contribution in [2.75, 3.05) is 7.11 Å². The van der Waals surface area contributed by atoms with Gasteiger partial charge in [-0.25, -0.2) is 0 Å². The minimum Gasteiger partial charge on any atom is -0.497 e. The molecule has 5 heteroatoms. The van der Waals surface area contributed by atoms with Gasteiger partial charge in [-0.3, -0.25) is 9.48 Å². The number of amides is 1. The highest BCUT2D eigenvalue weighted by molar-refractivity contribution is 5.93. The SMILES string of the molecule is CCn1nc(C(=O)NC2CCCc3ccccc32)cc1-c1cccc(OC)c1. The average molecular weight is 375 g/mol. The largest absolute Gasteiger partial charge is 0.497 e. The van der Waals surface area contributed by atoms with Crippen molar-refractivity contribution in [2.24, 2.45) is 0 Å². The molecular weight excluding hydrogens is 350 g/mol. The maximum atomic E-state index is 12.9. The molecule has 1 aromatic heterocycles.